The van der Waals surface area contributed by atoms with Gasteiger partial charge in [0.05, 0.1) is 12.0 Å². The molecule has 0 saturated carbocycles. The summed E-state index contributed by atoms with van der Waals surface area (Å²) in [5.41, 5.74) is 0.123. The molecule has 0 bridgehead atoms. The van der Waals surface area contributed by atoms with E-state index in [0.29, 0.717) is 6.61 Å². The van der Waals surface area contributed by atoms with E-state index >= 15 is 0 Å². The number of rotatable bonds is 6. The van der Waals surface area contributed by atoms with E-state index in [1.165, 1.54) is 19.2 Å². The molecule has 0 spiro atoms. The molecule has 0 fully saturated rings. The number of hydrogen-bond acceptors (Lipinski definition) is 4. The van der Waals surface area contributed by atoms with Gasteiger partial charge in [-0.3, -0.25) is 4.79 Å². The van der Waals surface area contributed by atoms with Crippen molar-refractivity contribution in [2.45, 2.75) is 5.38 Å². The van der Waals surface area contributed by atoms with Crippen LogP contribution in [0.15, 0.2) is 12.1 Å². The number of ether oxygens (including phenoxy) is 1. The highest BCUT2D eigenvalue weighted by Crippen LogP contribution is 2.09. The lowest BCUT2D eigenvalue weighted by atomic mass is 10.4. The minimum Gasteiger partial charge on any atom is -0.383 e. The Bertz CT molecular complexity index is 407. The molecule has 1 atom stereocenters. The SMILES string of the molecule is COCC(Cl)CNC(=O)c1ccc([N+](=O)[O-])[nH]1. The Balaban J connectivity index is 2.49. The number of carbonyl (C=O) groups is 1. The Morgan fingerprint density at radius 2 is 2.41 bits per heavy atom. The lowest BCUT2D eigenvalue weighted by Gasteiger charge is -2.08. The number of carbonyl (C=O) groups excluding carboxylic acids is 1. The number of aromatic nitrogens is 1. The second kappa shape index (κ2) is 6.21. The summed E-state index contributed by atoms with van der Waals surface area (Å²) >= 11 is 5.81. The number of nitro groups is 1. The highest BCUT2D eigenvalue weighted by Gasteiger charge is 2.16. The van der Waals surface area contributed by atoms with Crippen LogP contribution in [0.2, 0.25) is 0 Å². The summed E-state index contributed by atoms with van der Waals surface area (Å²) < 4.78 is 4.80. The van der Waals surface area contributed by atoms with Crippen molar-refractivity contribution in [2.75, 3.05) is 20.3 Å². The first kappa shape index (κ1) is 13.5. The van der Waals surface area contributed by atoms with Crippen LogP contribution in [-0.2, 0) is 4.74 Å². The van der Waals surface area contributed by atoms with Crippen LogP contribution in [-0.4, -0.2) is 41.5 Å². The van der Waals surface area contributed by atoms with E-state index in [0.717, 1.165) is 0 Å². The third-order valence-electron chi connectivity index (χ3n) is 1.94. The topological polar surface area (TPSA) is 97.3 Å². The van der Waals surface area contributed by atoms with Gasteiger partial charge in [0, 0.05) is 19.7 Å². The van der Waals surface area contributed by atoms with Crippen LogP contribution in [0.3, 0.4) is 0 Å². The van der Waals surface area contributed by atoms with Crippen molar-refractivity contribution >= 4 is 23.3 Å². The van der Waals surface area contributed by atoms with Crippen LogP contribution in [0.5, 0.6) is 0 Å². The predicted octanol–water partition coefficient (Wildman–Crippen LogP) is 0.906. The minimum atomic E-state index is -0.605. The first-order chi connectivity index (χ1) is 8.04. The van der Waals surface area contributed by atoms with Gasteiger partial charge in [0.15, 0.2) is 5.69 Å². The summed E-state index contributed by atoms with van der Waals surface area (Å²) in [6.07, 6.45) is 0. The standard InChI is InChI=1S/C9H12ClN3O4/c1-17-5-6(10)4-11-9(14)7-2-3-8(12-7)13(15)16/h2-3,6,12H,4-5H2,1H3,(H,11,14). The molecule has 0 saturated heterocycles. The molecule has 1 aromatic rings. The van der Waals surface area contributed by atoms with Crippen molar-refractivity contribution in [1.82, 2.24) is 10.3 Å². The largest absolute Gasteiger partial charge is 0.383 e. The number of nitrogens with zero attached hydrogens (tertiary/aromatic N) is 1. The fourth-order valence-corrected chi connectivity index (χ4v) is 1.36. The van der Waals surface area contributed by atoms with Crippen LogP contribution in [0.1, 0.15) is 10.5 Å². The molecule has 0 aliphatic rings. The molecular formula is C9H12ClN3O4. The van der Waals surface area contributed by atoms with Gasteiger partial charge in [-0.05, 0) is 11.0 Å². The number of amides is 1. The van der Waals surface area contributed by atoms with Crippen molar-refractivity contribution in [3.8, 4) is 0 Å². The highest BCUT2D eigenvalue weighted by molar-refractivity contribution is 6.21. The molecule has 1 heterocycles. The first-order valence-corrected chi connectivity index (χ1v) is 5.23. The molecule has 0 aliphatic carbocycles. The molecule has 0 aliphatic heterocycles. The van der Waals surface area contributed by atoms with Gasteiger partial charge in [-0.2, -0.15) is 0 Å². The molecule has 17 heavy (non-hydrogen) atoms. The number of hydrogen-bond donors (Lipinski definition) is 2. The second-order valence-electron chi connectivity index (χ2n) is 3.28. The van der Waals surface area contributed by atoms with E-state index in [2.05, 4.69) is 10.3 Å². The third kappa shape index (κ3) is 4.04. The normalized spacial score (nSPS) is 12.1. The smallest absolute Gasteiger partial charge is 0.321 e. The monoisotopic (exact) mass is 261 g/mol. The molecule has 1 rings (SSSR count). The van der Waals surface area contributed by atoms with Gasteiger partial charge in [-0.1, -0.05) is 0 Å². The zero-order chi connectivity index (χ0) is 12.8. The number of aromatic amines is 1. The van der Waals surface area contributed by atoms with Crippen molar-refractivity contribution in [1.29, 1.82) is 0 Å². The molecule has 2 N–H and O–H groups in total. The maximum atomic E-state index is 11.5. The van der Waals surface area contributed by atoms with E-state index in [4.69, 9.17) is 16.3 Å². The number of methoxy groups -OCH3 is 1. The molecule has 1 amide bonds. The van der Waals surface area contributed by atoms with Crippen molar-refractivity contribution in [3.05, 3.63) is 27.9 Å². The van der Waals surface area contributed by atoms with E-state index in [1.54, 1.807) is 0 Å². The summed E-state index contributed by atoms with van der Waals surface area (Å²) in [7, 11) is 1.51. The lowest BCUT2D eigenvalue weighted by molar-refractivity contribution is -0.389. The number of alkyl halides is 1. The summed E-state index contributed by atoms with van der Waals surface area (Å²) in [4.78, 5) is 23.7. The second-order valence-corrected chi connectivity index (χ2v) is 3.89. The highest BCUT2D eigenvalue weighted by atomic mass is 35.5. The zero-order valence-corrected chi connectivity index (χ0v) is 9.86. The summed E-state index contributed by atoms with van der Waals surface area (Å²) in [5.74, 6) is -0.672. The Kier molecular flexibility index (Phi) is 4.92. The van der Waals surface area contributed by atoms with Gasteiger partial charge in [-0.15, -0.1) is 11.6 Å². The summed E-state index contributed by atoms with van der Waals surface area (Å²) in [6, 6.07) is 2.56. The Labute approximate surface area is 102 Å². The number of halogens is 1. The van der Waals surface area contributed by atoms with Crippen LogP contribution in [0, 0.1) is 10.1 Å². The van der Waals surface area contributed by atoms with Crippen LogP contribution >= 0.6 is 11.6 Å². The summed E-state index contributed by atoms with van der Waals surface area (Å²) in [6.45, 7) is 0.535. The van der Waals surface area contributed by atoms with Gasteiger partial charge >= 0.3 is 5.82 Å². The Morgan fingerprint density at radius 1 is 1.71 bits per heavy atom. The van der Waals surface area contributed by atoms with Gasteiger partial charge in [0.25, 0.3) is 5.91 Å². The molecule has 0 aromatic carbocycles. The Morgan fingerprint density at radius 3 is 2.94 bits per heavy atom. The average Bonchev–Trinajstić information content (AvgIpc) is 2.75. The minimum absolute atomic E-state index is 0.123. The fraction of sp³-hybridized carbons (Fsp3) is 0.444. The van der Waals surface area contributed by atoms with Crippen molar-refractivity contribution in [3.63, 3.8) is 0 Å². The maximum absolute atomic E-state index is 11.5. The molecule has 94 valence electrons. The molecule has 7 nitrogen and oxygen atoms in total. The Hall–Kier alpha value is -1.60. The fourth-order valence-electron chi connectivity index (χ4n) is 1.16. The van der Waals surface area contributed by atoms with Crippen molar-refractivity contribution < 1.29 is 14.5 Å². The summed E-state index contributed by atoms with van der Waals surface area (Å²) in [5, 5.41) is 12.6. The molecule has 0 radical (unpaired) electrons. The average molecular weight is 262 g/mol. The van der Waals surface area contributed by atoms with Crippen molar-refractivity contribution in [2.24, 2.45) is 0 Å². The molecule has 8 heteroatoms. The number of nitrogens with one attached hydrogen (secondary N) is 2. The van der Waals surface area contributed by atoms with Gasteiger partial charge in [0.1, 0.15) is 0 Å². The van der Waals surface area contributed by atoms with E-state index in [1.807, 2.05) is 0 Å². The van der Waals surface area contributed by atoms with Crippen LogP contribution in [0.25, 0.3) is 0 Å². The van der Waals surface area contributed by atoms with E-state index in [-0.39, 0.29) is 23.4 Å². The zero-order valence-electron chi connectivity index (χ0n) is 9.10. The van der Waals surface area contributed by atoms with Gasteiger partial charge in [0.2, 0.25) is 0 Å². The third-order valence-corrected chi connectivity index (χ3v) is 2.22. The quantitative estimate of drug-likeness (QED) is 0.452. The van der Waals surface area contributed by atoms with Gasteiger partial charge < -0.3 is 20.2 Å². The van der Waals surface area contributed by atoms with E-state index < -0.39 is 10.8 Å². The van der Waals surface area contributed by atoms with E-state index in [9.17, 15) is 14.9 Å². The first-order valence-electron chi connectivity index (χ1n) is 4.79. The molecular weight excluding hydrogens is 250 g/mol. The molecule has 1 unspecified atom stereocenters. The van der Waals surface area contributed by atoms with Crippen LogP contribution < -0.4 is 5.32 Å². The molecule has 1 aromatic heterocycles. The van der Waals surface area contributed by atoms with Crippen LogP contribution in [0.4, 0.5) is 5.82 Å². The predicted molar refractivity (Wildman–Crippen MR) is 61.3 cm³/mol. The lowest BCUT2D eigenvalue weighted by Crippen LogP contribution is -2.31. The maximum Gasteiger partial charge on any atom is 0.321 e. The number of H-pyrrole nitrogens is 1. The van der Waals surface area contributed by atoms with Gasteiger partial charge in [-0.25, -0.2) is 4.98 Å².